The van der Waals surface area contributed by atoms with Crippen molar-refractivity contribution in [2.75, 3.05) is 20.8 Å². The average Bonchev–Trinajstić information content (AvgIpc) is 3.80. The number of likely N-dealkylation sites (tertiary alicyclic amines) is 1. The fourth-order valence-corrected chi connectivity index (χ4v) is 9.24. The van der Waals surface area contributed by atoms with Crippen LogP contribution < -0.4 is 16.0 Å². The molecule has 1 saturated heterocycles. The molecular weight excluding hydrogens is 749 g/mol. The number of nitrogens with one attached hydrogen (secondary N) is 5. The van der Waals surface area contributed by atoms with Crippen LogP contribution in [0.4, 0.5) is 9.59 Å². The summed E-state index contributed by atoms with van der Waals surface area (Å²) in [6.45, 7) is 8.20. The third-order valence-corrected chi connectivity index (χ3v) is 12.6. The number of fused-ring (bicyclic) bond motifs is 4. The molecule has 0 radical (unpaired) electrons. The van der Waals surface area contributed by atoms with Gasteiger partial charge in [-0.2, -0.15) is 0 Å². The van der Waals surface area contributed by atoms with Gasteiger partial charge in [0.15, 0.2) is 0 Å². The highest BCUT2D eigenvalue weighted by atomic mass is 16.5. The van der Waals surface area contributed by atoms with E-state index in [2.05, 4.69) is 80.5 Å². The van der Waals surface area contributed by atoms with Crippen molar-refractivity contribution in [1.82, 2.24) is 40.8 Å². The smallest absolute Gasteiger partial charge is 0.407 e. The number of benzene rings is 3. The second kappa shape index (κ2) is 16.4. The topological polar surface area (TPSA) is 183 Å². The number of methoxy groups -OCH3 is 2. The van der Waals surface area contributed by atoms with Crippen LogP contribution in [-0.4, -0.2) is 81.7 Å². The standard InChI is InChI=1S/C45H54N8O6/c1-23(2)36(51-44(56)58-5)42(54)50-38(31-20-29-19-30(29)21-31)41-47-33-16-14-28-18-27(13-15-32(28)39(33)49-41)25-9-11-26(12-10-25)34-22-46-40(48-34)35-8-7-17-53(35)43(55)37(24(3)4)52-45(57)59-6/h9-16,18,22-24,29-31,35-38H,7-8,17,19-21H2,1-6H3,(H,46,48)(H,47,49)(H,50,54)(H,51,56)(H,52,57). The van der Waals surface area contributed by atoms with E-state index in [1.54, 1.807) is 0 Å². The Morgan fingerprint density at radius 1 is 0.780 bits per heavy atom. The molecule has 310 valence electrons. The van der Waals surface area contributed by atoms with Gasteiger partial charge in [0.05, 0.1) is 49.2 Å². The summed E-state index contributed by atoms with van der Waals surface area (Å²) in [5.41, 5.74) is 5.72. The van der Waals surface area contributed by atoms with Gasteiger partial charge in [0, 0.05) is 11.9 Å². The molecule has 6 atom stereocenters. The third kappa shape index (κ3) is 8.09. The Kier molecular flexibility index (Phi) is 11.1. The Hall–Kier alpha value is -5.92. The summed E-state index contributed by atoms with van der Waals surface area (Å²) >= 11 is 0. The van der Waals surface area contributed by atoms with Gasteiger partial charge in [0.25, 0.3) is 0 Å². The summed E-state index contributed by atoms with van der Waals surface area (Å²) in [5, 5.41) is 10.8. The van der Waals surface area contributed by atoms with Crippen LogP contribution in [0.2, 0.25) is 0 Å². The van der Waals surface area contributed by atoms with Crippen LogP contribution in [0.25, 0.3) is 44.2 Å². The van der Waals surface area contributed by atoms with E-state index >= 15 is 0 Å². The first-order chi connectivity index (χ1) is 28.4. The number of nitrogens with zero attached hydrogens (tertiary/aromatic N) is 3. The van der Waals surface area contributed by atoms with E-state index in [1.165, 1.54) is 20.6 Å². The first kappa shape index (κ1) is 39.9. The molecule has 1 aliphatic heterocycles. The fourth-order valence-electron chi connectivity index (χ4n) is 9.24. The number of rotatable bonds is 12. The Bertz CT molecular complexity index is 2360. The molecule has 0 spiro atoms. The van der Waals surface area contributed by atoms with Crippen molar-refractivity contribution in [3.8, 4) is 22.4 Å². The minimum absolute atomic E-state index is 0.108. The highest BCUT2D eigenvalue weighted by Gasteiger charge is 2.49. The van der Waals surface area contributed by atoms with E-state index < -0.39 is 24.3 Å². The maximum Gasteiger partial charge on any atom is 0.407 e. The van der Waals surface area contributed by atoms with Gasteiger partial charge in [-0.25, -0.2) is 19.6 Å². The van der Waals surface area contributed by atoms with Gasteiger partial charge in [-0.3, -0.25) is 9.59 Å². The van der Waals surface area contributed by atoms with Crippen LogP contribution in [0.5, 0.6) is 0 Å². The number of hydrogen-bond donors (Lipinski definition) is 5. The summed E-state index contributed by atoms with van der Waals surface area (Å²) in [5.74, 6) is 2.51. The lowest BCUT2D eigenvalue weighted by Gasteiger charge is -2.30. The van der Waals surface area contributed by atoms with Gasteiger partial charge in [0.1, 0.15) is 23.7 Å². The van der Waals surface area contributed by atoms with E-state index in [0.717, 1.165) is 81.5 Å². The number of carbonyl (C=O) groups is 4. The first-order valence-electron chi connectivity index (χ1n) is 20.8. The predicted molar refractivity (Wildman–Crippen MR) is 224 cm³/mol. The zero-order chi connectivity index (χ0) is 41.5. The van der Waals surface area contributed by atoms with E-state index in [-0.39, 0.29) is 41.7 Å². The lowest BCUT2D eigenvalue weighted by atomic mass is 9.93. The number of imidazole rings is 2. The molecular formula is C45H54N8O6. The maximum absolute atomic E-state index is 13.7. The van der Waals surface area contributed by atoms with Crippen LogP contribution in [0.15, 0.2) is 60.8 Å². The molecule has 2 aliphatic carbocycles. The monoisotopic (exact) mass is 802 g/mol. The van der Waals surface area contributed by atoms with E-state index in [4.69, 9.17) is 19.4 Å². The number of aromatic amines is 2. The van der Waals surface area contributed by atoms with Crippen LogP contribution in [0, 0.1) is 29.6 Å². The molecule has 3 aliphatic rings. The summed E-state index contributed by atoms with van der Waals surface area (Å²) in [6, 6.07) is 16.9. The van der Waals surface area contributed by atoms with Gasteiger partial charge in [-0.15, -0.1) is 0 Å². The van der Waals surface area contributed by atoms with Crippen molar-refractivity contribution in [2.24, 2.45) is 29.6 Å². The van der Waals surface area contributed by atoms with Crippen molar-refractivity contribution >= 4 is 45.8 Å². The zero-order valence-electron chi connectivity index (χ0n) is 34.5. The van der Waals surface area contributed by atoms with Crippen molar-refractivity contribution in [3.63, 3.8) is 0 Å². The lowest BCUT2D eigenvalue weighted by molar-refractivity contribution is -0.135. The van der Waals surface area contributed by atoms with Crippen molar-refractivity contribution in [2.45, 2.75) is 84.0 Å². The number of amides is 4. The highest BCUT2D eigenvalue weighted by Crippen LogP contribution is 2.57. The predicted octanol–water partition coefficient (Wildman–Crippen LogP) is 7.40. The molecule has 6 unspecified atom stereocenters. The van der Waals surface area contributed by atoms with Gasteiger partial charge < -0.3 is 40.3 Å². The van der Waals surface area contributed by atoms with Crippen LogP contribution in [0.1, 0.15) is 83.5 Å². The lowest BCUT2D eigenvalue weighted by Crippen LogP contribution is -2.51. The van der Waals surface area contributed by atoms with Crippen LogP contribution in [-0.2, 0) is 19.1 Å². The quantitative estimate of drug-likeness (QED) is 0.0865. The van der Waals surface area contributed by atoms with Gasteiger partial charge in [0.2, 0.25) is 11.8 Å². The van der Waals surface area contributed by atoms with Gasteiger partial charge >= 0.3 is 12.2 Å². The Labute approximate surface area is 343 Å². The number of alkyl carbamates (subject to hydrolysis) is 2. The minimum atomic E-state index is -0.738. The summed E-state index contributed by atoms with van der Waals surface area (Å²) in [6.07, 6.45) is 5.53. The fraction of sp³-hybridized carbons (Fsp3) is 0.467. The molecule has 3 fully saturated rings. The van der Waals surface area contributed by atoms with Gasteiger partial charge in [-0.05, 0) is 95.9 Å². The molecule has 3 heterocycles. The Morgan fingerprint density at radius 3 is 2.12 bits per heavy atom. The molecule has 5 N–H and O–H groups in total. The zero-order valence-corrected chi connectivity index (χ0v) is 34.5. The maximum atomic E-state index is 13.7. The second-order valence-electron chi connectivity index (χ2n) is 17.2. The molecule has 0 bridgehead atoms. The SMILES string of the molecule is COC(=O)NC(C(=O)NC(c1nc2c(ccc3cc(-c4ccc(-c5cnc(C6CCCN6C(=O)C(NC(=O)OC)C(C)C)[nH]5)cc4)ccc32)[nH]1)C1CC2CC2C1)C(C)C. The molecule has 14 heteroatoms. The third-order valence-electron chi connectivity index (χ3n) is 12.6. The Balaban J connectivity index is 0.998. The molecule has 14 nitrogen and oxygen atoms in total. The number of carbonyl (C=O) groups excluding carboxylic acids is 4. The minimum Gasteiger partial charge on any atom is -0.453 e. The van der Waals surface area contributed by atoms with Crippen molar-refractivity contribution < 1.29 is 28.7 Å². The molecule has 4 amide bonds. The first-order valence-corrected chi connectivity index (χ1v) is 20.8. The summed E-state index contributed by atoms with van der Waals surface area (Å²) in [4.78, 5) is 70.0. The van der Waals surface area contributed by atoms with Gasteiger partial charge in [-0.1, -0.05) is 70.2 Å². The number of aromatic nitrogens is 4. The van der Waals surface area contributed by atoms with Crippen LogP contribution >= 0.6 is 0 Å². The van der Waals surface area contributed by atoms with Crippen molar-refractivity contribution in [3.05, 3.63) is 72.4 Å². The second-order valence-corrected chi connectivity index (χ2v) is 17.2. The molecule has 59 heavy (non-hydrogen) atoms. The molecule has 8 rings (SSSR count). The number of ether oxygens (including phenoxy) is 2. The van der Waals surface area contributed by atoms with Crippen molar-refractivity contribution in [1.29, 1.82) is 0 Å². The van der Waals surface area contributed by atoms with E-state index in [0.29, 0.717) is 18.4 Å². The van der Waals surface area contributed by atoms with E-state index in [1.807, 2.05) is 38.8 Å². The molecule has 2 aromatic heterocycles. The Morgan fingerprint density at radius 2 is 1.44 bits per heavy atom. The number of H-pyrrole nitrogens is 2. The summed E-state index contributed by atoms with van der Waals surface area (Å²) in [7, 11) is 2.59. The van der Waals surface area contributed by atoms with Crippen LogP contribution in [0.3, 0.4) is 0 Å². The summed E-state index contributed by atoms with van der Waals surface area (Å²) < 4.78 is 9.57. The highest BCUT2D eigenvalue weighted by molar-refractivity contribution is 6.05. The molecule has 5 aromatic rings. The largest absolute Gasteiger partial charge is 0.453 e. The van der Waals surface area contributed by atoms with E-state index in [9.17, 15) is 19.2 Å². The molecule has 3 aromatic carbocycles. The average molecular weight is 803 g/mol. The normalized spacial score (nSPS) is 21.3. The number of hydrogen-bond acceptors (Lipinski definition) is 8. The molecule has 2 saturated carbocycles.